The highest BCUT2D eigenvalue weighted by Gasteiger charge is 2.27. The van der Waals surface area contributed by atoms with E-state index in [1.165, 1.54) is 0 Å². The quantitative estimate of drug-likeness (QED) is 0.735. The molecule has 0 radical (unpaired) electrons. The molecule has 5 nitrogen and oxygen atoms in total. The standard InChI is InChI=1S/C18H22N4OS.2ClH/c23-18(6-11-24-14-16-5-1-2-8-21-16)22-10-9-20-13-17(22)15-4-3-7-19-12-15;;/h1-5,7-8,12,17,20H,6,9-11,13-14H2;2*1H. The molecule has 1 aliphatic heterocycles. The second-order valence-corrected chi connectivity index (χ2v) is 6.82. The third-order valence-electron chi connectivity index (χ3n) is 4.07. The molecule has 0 aromatic carbocycles. The van der Waals surface area contributed by atoms with E-state index in [1.807, 2.05) is 41.4 Å². The summed E-state index contributed by atoms with van der Waals surface area (Å²) in [7, 11) is 0. The van der Waals surface area contributed by atoms with Gasteiger partial charge in [0.2, 0.25) is 5.91 Å². The summed E-state index contributed by atoms with van der Waals surface area (Å²) < 4.78 is 0. The van der Waals surface area contributed by atoms with Crippen LogP contribution in [0.25, 0.3) is 0 Å². The molecular formula is C18H24Cl2N4OS. The van der Waals surface area contributed by atoms with Crippen LogP contribution < -0.4 is 5.32 Å². The second kappa shape index (κ2) is 12.1. The number of hydrogen-bond acceptors (Lipinski definition) is 5. The van der Waals surface area contributed by atoms with Crippen molar-refractivity contribution in [2.24, 2.45) is 0 Å². The number of nitrogens with one attached hydrogen (secondary N) is 1. The molecule has 0 aliphatic carbocycles. The van der Waals surface area contributed by atoms with Crippen molar-refractivity contribution in [1.82, 2.24) is 20.2 Å². The first-order chi connectivity index (χ1) is 11.8. The first-order valence-corrected chi connectivity index (χ1v) is 9.38. The number of amides is 1. The van der Waals surface area contributed by atoms with Crippen molar-refractivity contribution in [2.45, 2.75) is 18.2 Å². The lowest BCUT2D eigenvalue weighted by molar-refractivity contribution is -0.134. The topological polar surface area (TPSA) is 58.1 Å². The first kappa shape index (κ1) is 22.7. The minimum atomic E-state index is 0. The normalized spacial score (nSPS) is 16.3. The van der Waals surface area contributed by atoms with E-state index in [-0.39, 0.29) is 36.8 Å². The molecule has 0 spiro atoms. The van der Waals surface area contributed by atoms with E-state index >= 15 is 0 Å². The fourth-order valence-corrected chi connectivity index (χ4v) is 3.68. The Kier molecular flexibility index (Phi) is 10.6. The Morgan fingerprint density at radius 2 is 2.12 bits per heavy atom. The number of hydrogen-bond donors (Lipinski definition) is 1. The van der Waals surface area contributed by atoms with E-state index in [0.717, 1.165) is 42.4 Å². The van der Waals surface area contributed by atoms with E-state index < -0.39 is 0 Å². The van der Waals surface area contributed by atoms with Crippen LogP contribution in [0.5, 0.6) is 0 Å². The molecule has 1 N–H and O–H groups in total. The van der Waals surface area contributed by atoms with Crippen LogP contribution in [-0.2, 0) is 10.5 Å². The third kappa shape index (κ3) is 6.43. The van der Waals surface area contributed by atoms with E-state index in [9.17, 15) is 4.79 Å². The van der Waals surface area contributed by atoms with Crippen molar-refractivity contribution in [3.05, 3.63) is 60.2 Å². The molecular weight excluding hydrogens is 391 g/mol. The van der Waals surface area contributed by atoms with Gasteiger partial charge < -0.3 is 10.2 Å². The lowest BCUT2D eigenvalue weighted by Crippen LogP contribution is -2.48. The number of halogens is 2. The molecule has 3 rings (SSSR count). The van der Waals surface area contributed by atoms with Crippen LogP contribution in [0.4, 0.5) is 0 Å². The summed E-state index contributed by atoms with van der Waals surface area (Å²) in [4.78, 5) is 23.1. The van der Waals surface area contributed by atoms with Gasteiger partial charge in [0.15, 0.2) is 0 Å². The molecule has 0 saturated carbocycles. The van der Waals surface area contributed by atoms with Crippen LogP contribution in [0.2, 0.25) is 0 Å². The van der Waals surface area contributed by atoms with Gasteiger partial charge in [0.1, 0.15) is 0 Å². The van der Waals surface area contributed by atoms with Gasteiger partial charge in [-0.15, -0.1) is 24.8 Å². The number of aromatic nitrogens is 2. The molecule has 26 heavy (non-hydrogen) atoms. The second-order valence-electron chi connectivity index (χ2n) is 5.72. The molecule has 2 aromatic rings. The Hall–Kier alpha value is -1.34. The van der Waals surface area contributed by atoms with Crippen LogP contribution in [0, 0.1) is 0 Å². The van der Waals surface area contributed by atoms with Crippen molar-refractivity contribution >= 4 is 42.5 Å². The number of nitrogens with zero attached hydrogens (tertiary/aromatic N) is 3. The van der Waals surface area contributed by atoms with Crippen molar-refractivity contribution in [3.63, 3.8) is 0 Å². The van der Waals surface area contributed by atoms with Gasteiger partial charge in [0.25, 0.3) is 0 Å². The van der Waals surface area contributed by atoms with Gasteiger partial charge in [0.05, 0.1) is 11.7 Å². The van der Waals surface area contributed by atoms with Crippen molar-refractivity contribution in [3.8, 4) is 0 Å². The number of carbonyl (C=O) groups excluding carboxylic acids is 1. The van der Waals surface area contributed by atoms with Crippen LogP contribution in [-0.4, -0.2) is 46.2 Å². The van der Waals surface area contributed by atoms with Crippen molar-refractivity contribution in [1.29, 1.82) is 0 Å². The molecule has 142 valence electrons. The van der Waals surface area contributed by atoms with Crippen LogP contribution in [0.1, 0.15) is 23.7 Å². The molecule has 3 heterocycles. The largest absolute Gasteiger partial charge is 0.333 e. The highest BCUT2D eigenvalue weighted by molar-refractivity contribution is 7.98. The Bertz CT molecular complexity index is 648. The molecule has 1 atom stereocenters. The number of pyridine rings is 2. The van der Waals surface area contributed by atoms with Gasteiger partial charge in [-0.1, -0.05) is 12.1 Å². The molecule has 0 bridgehead atoms. The van der Waals surface area contributed by atoms with Gasteiger partial charge >= 0.3 is 0 Å². The van der Waals surface area contributed by atoms with Crippen LogP contribution in [0.3, 0.4) is 0 Å². The zero-order valence-electron chi connectivity index (χ0n) is 14.4. The number of piperazine rings is 1. The summed E-state index contributed by atoms with van der Waals surface area (Å²) >= 11 is 1.76. The van der Waals surface area contributed by atoms with Gasteiger partial charge in [-0.25, -0.2) is 0 Å². The fourth-order valence-electron chi connectivity index (χ4n) is 2.84. The van der Waals surface area contributed by atoms with Crippen LogP contribution >= 0.6 is 36.6 Å². The molecule has 1 amide bonds. The Labute approximate surface area is 171 Å². The maximum absolute atomic E-state index is 12.6. The summed E-state index contributed by atoms with van der Waals surface area (Å²) in [5.41, 5.74) is 2.16. The zero-order valence-corrected chi connectivity index (χ0v) is 16.9. The van der Waals surface area contributed by atoms with Gasteiger partial charge in [-0.2, -0.15) is 11.8 Å². The first-order valence-electron chi connectivity index (χ1n) is 8.22. The molecule has 8 heteroatoms. The molecule has 1 aliphatic rings. The highest BCUT2D eigenvalue weighted by Crippen LogP contribution is 2.23. The molecule has 1 unspecified atom stereocenters. The molecule has 1 fully saturated rings. The predicted octanol–water partition coefficient (Wildman–Crippen LogP) is 3.12. The fraction of sp³-hybridized carbons (Fsp3) is 0.389. The number of thioether (sulfide) groups is 1. The number of carbonyl (C=O) groups is 1. The Morgan fingerprint density at radius 1 is 1.23 bits per heavy atom. The third-order valence-corrected chi connectivity index (χ3v) is 5.06. The minimum absolute atomic E-state index is 0. The summed E-state index contributed by atoms with van der Waals surface area (Å²) in [5.74, 6) is 1.89. The monoisotopic (exact) mass is 414 g/mol. The molecule has 1 saturated heterocycles. The predicted molar refractivity (Wildman–Crippen MR) is 111 cm³/mol. The highest BCUT2D eigenvalue weighted by atomic mass is 35.5. The zero-order chi connectivity index (χ0) is 16.6. The summed E-state index contributed by atoms with van der Waals surface area (Å²) in [6.45, 7) is 2.39. The van der Waals surface area contributed by atoms with Crippen molar-refractivity contribution < 1.29 is 4.79 Å². The maximum atomic E-state index is 12.6. The summed E-state index contributed by atoms with van der Waals surface area (Å²) in [6, 6.07) is 9.98. The van der Waals surface area contributed by atoms with Gasteiger partial charge in [-0.3, -0.25) is 14.8 Å². The minimum Gasteiger partial charge on any atom is -0.333 e. The van der Waals surface area contributed by atoms with Gasteiger partial charge in [0, 0.05) is 56.2 Å². The van der Waals surface area contributed by atoms with Gasteiger partial charge in [-0.05, 0) is 23.8 Å². The smallest absolute Gasteiger partial charge is 0.224 e. The summed E-state index contributed by atoms with van der Waals surface area (Å²) in [6.07, 6.45) is 5.99. The SMILES string of the molecule is Cl.Cl.O=C(CCSCc1ccccn1)N1CCNCC1c1cccnc1. The lowest BCUT2D eigenvalue weighted by Gasteiger charge is -2.36. The van der Waals surface area contributed by atoms with E-state index in [2.05, 4.69) is 15.3 Å². The molecule has 2 aromatic heterocycles. The average Bonchev–Trinajstić information content (AvgIpc) is 2.66. The van der Waals surface area contributed by atoms with E-state index in [1.54, 1.807) is 24.2 Å². The Balaban J connectivity index is 0.00000169. The Morgan fingerprint density at radius 3 is 2.85 bits per heavy atom. The number of rotatable bonds is 6. The average molecular weight is 415 g/mol. The van der Waals surface area contributed by atoms with E-state index in [0.29, 0.717) is 6.42 Å². The maximum Gasteiger partial charge on any atom is 0.224 e. The van der Waals surface area contributed by atoms with E-state index in [4.69, 9.17) is 0 Å². The summed E-state index contributed by atoms with van der Waals surface area (Å²) in [5, 5.41) is 3.37. The lowest BCUT2D eigenvalue weighted by atomic mass is 10.1. The van der Waals surface area contributed by atoms with Crippen molar-refractivity contribution in [2.75, 3.05) is 25.4 Å². The van der Waals surface area contributed by atoms with Crippen LogP contribution in [0.15, 0.2) is 48.9 Å².